The molecule has 0 aromatic heterocycles. The molecule has 1 unspecified atom stereocenters. The van der Waals surface area contributed by atoms with Crippen molar-refractivity contribution < 1.29 is 9.53 Å². The van der Waals surface area contributed by atoms with E-state index in [4.69, 9.17) is 10.00 Å². The monoisotopic (exact) mass is 279 g/mol. The molecule has 2 rings (SSSR count). The van der Waals surface area contributed by atoms with Gasteiger partial charge in [0.2, 0.25) is 0 Å². The third-order valence-corrected chi connectivity index (χ3v) is 3.49. The van der Waals surface area contributed by atoms with Gasteiger partial charge in [-0.05, 0) is 36.2 Å². The summed E-state index contributed by atoms with van der Waals surface area (Å²) in [5.41, 5.74) is 2.39. The summed E-state index contributed by atoms with van der Waals surface area (Å²) in [7, 11) is 1.60. The van der Waals surface area contributed by atoms with Crippen LogP contribution in [-0.4, -0.2) is 12.9 Å². The summed E-state index contributed by atoms with van der Waals surface area (Å²) in [6, 6.07) is 16.9. The Balaban J connectivity index is 2.35. The minimum absolute atomic E-state index is 0.0338. The Hall–Kier alpha value is -2.60. The van der Waals surface area contributed by atoms with Crippen LogP contribution in [0.1, 0.15) is 33.8 Å². The average Bonchev–Trinajstić information content (AvgIpc) is 2.52. The molecule has 0 bridgehead atoms. The first-order valence-corrected chi connectivity index (χ1v) is 6.78. The van der Waals surface area contributed by atoms with Crippen LogP contribution in [0.5, 0.6) is 5.75 Å². The number of nitrogens with zero attached hydrogens (tertiary/aromatic N) is 1. The zero-order valence-electron chi connectivity index (χ0n) is 12.2. The van der Waals surface area contributed by atoms with Gasteiger partial charge in [0.25, 0.3) is 0 Å². The van der Waals surface area contributed by atoms with E-state index in [0.717, 1.165) is 16.9 Å². The minimum Gasteiger partial charge on any atom is -0.496 e. The van der Waals surface area contributed by atoms with Crippen LogP contribution in [0.4, 0.5) is 0 Å². The topological polar surface area (TPSA) is 50.1 Å². The lowest BCUT2D eigenvalue weighted by molar-refractivity contribution is 0.0960. The number of hydrogen-bond donors (Lipinski definition) is 0. The third kappa shape index (κ3) is 3.29. The maximum atomic E-state index is 12.7. The number of Topliss-reactive ketones (excluding diaryl/α,β-unsaturated/α-hetero) is 1. The smallest absolute Gasteiger partial charge is 0.171 e. The molecule has 0 fully saturated rings. The second kappa shape index (κ2) is 6.71. The first-order chi connectivity index (χ1) is 10.2. The van der Waals surface area contributed by atoms with E-state index in [1.807, 2.05) is 43.3 Å². The highest BCUT2D eigenvalue weighted by atomic mass is 16.5. The molecular formula is C18H17NO2. The Morgan fingerprint density at radius 2 is 1.95 bits per heavy atom. The summed E-state index contributed by atoms with van der Waals surface area (Å²) < 4.78 is 5.21. The molecular weight excluding hydrogens is 262 g/mol. The quantitative estimate of drug-likeness (QED) is 0.780. The van der Waals surface area contributed by atoms with Crippen molar-refractivity contribution in [3.8, 4) is 11.8 Å². The number of ether oxygens (including phenoxy) is 1. The predicted molar refractivity (Wildman–Crippen MR) is 81.5 cm³/mol. The molecule has 106 valence electrons. The Morgan fingerprint density at radius 3 is 2.52 bits per heavy atom. The highest BCUT2D eigenvalue weighted by Gasteiger charge is 2.22. The molecule has 0 aliphatic carbocycles. The van der Waals surface area contributed by atoms with Crippen LogP contribution in [0.3, 0.4) is 0 Å². The van der Waals surface area contributed by atoms with E-state index in [1.54, 1.807) is 19.2 Å². The number of benzene rings is 2. The van der Waals surface area contributed by atoms with Gasteiger partial charge >= 0.3 is 0 Å². The largest absolute Gasteiger partial charge is 0.496 e. The number of hydrogen-bond acceptors (Lipinski definition) is 3. The highest BCUT2D eigenvalue weighted by Crippen LogP contribution is 2.26. The van der Waals surface area contributed by atoms with Gasteiger partial charge in [0.1, 0.15) is 5.75 Å². The fourth-order valence-electron chi connectivity index (χ4n) is 2.37. The molecule has 0 aliphatic heterocycles. The normalized spacial score (nSPS) is 11.5. The third-order valence-electron chi connectivity index (χ3n) is 3.49. The average molecular weight is 279 g/mol. The van der Waals surface area contributed by atoms with E-state index >= 15 is 0 Å². The number of ketones is 1. The minimum atomic E-state index is -0.427. The number of carbonyl (C=O) groups excluding carboxylic acids is 1. The van der Waals surface area contributed by atoms with E-state index < -0.39 is 5.92 Å². The van der Waals surface area contributed by atoms with Crippen molar-refractivity contribution in [2.75, 3.05) is 7.11 Å². The molecule has 0 heterocycles. The van der Waals surface area contributed by atoms with Crippen LogP contribution in [0, 0.1) is 18.3 Å². The van der Waals surface area contributed by atoms with E-state index in [1.165, 1.54) is 0 Å². The molecule has 0 radical (unpaired) electrons. The summed E-state index contributed by atoms with van der Waals surface area (Å²) in [5.74, 6) is 0.292. The molecule has 3 nitrogen and oxygen atoms in total. The summed E-state index contributed by atoms with van der Waals surface area (Å²) in [6.45, 7) is 1.90. The van der Waals surface area contributed by atoms with Crippen LogP contribution in [0.25, 0.3) is 0 Å². The molecule has 1 atom stereocenters. The number of aryl methyl sites for hydroxylation is 1. The van der Waals surface area contributed by atoms with Crippen molar-refractivity contribution in [2.24, 2.45) is 0 Å². The molecule has 2 aromatic rings. The van der Waals surface area contributed by atoms with E-state index in [2.05, 4.69) is 6.07 Å². The second-order valence-electron chi connectivity index (χ2n) is 4.87. The zero-order valence-corrected chi connectivity index (χ0v) is 12.2. The Bertz CT molecular complexity index is 671. The fourth-order valence-corrected chi connectivity index (χ4v) is 2.37. The lowest BCUT2D eigenvalue weighted by atomic mass is 9.88. The zero-order chi connectivity index (χ0) is 15.2. The van der Waals surface area contributed by atoms with Crippen molar-refractivity contribution in [3.05, 3.63) is 65.2 Å². The molecule has 0 spiro atoms. The lowest BCUT2D eigenvalue weighted by Crippen LogP contribution is -2.13. The molecule has 0 saturated carbocycles. The van der Waals surface area contributed by atoms with Gasteiger partial charge in [-0.1, -0.05) is 30.3 Å². The fraction of sp³-hybridized carbons (Fsp3) is 0.222. The molecule has 0 saturated heterocycles. The molecule has 0 N–H and O–H groups in total. The van der Waals surface area contributed by atoms with Crippen LogP contribution < -0.4 is 4.74 Å². The molecule has 3 heteroatoms. The van der Waals surface area contributed by atoms with Gasteiger partial charge in [0.15, 0.2) is 5.78 Å². The second-order valence-corrected chi connectivity index (χ2v) is 4.87. The van der Waals surface area contributed by atoms with Crippen LogP contribution in [0.15, 0.2) is 48.5 Å². The van der Waals surface area contributed by atoms with Crippen molar-refractivity contribution in [2.45, 2.75) is 19.3 Å². The number of nitriles is 1. The van der Waals surface area contributed by atoms with Gasteiger partial charge in [-0.15, -0.1) is 0 Å². The van der Waals surface area contributed by atoms with Crippen molar-refractivity contribution in [1.29, 1.82) is 5.26 Å². The van der Waals surface area contributed by atoms with Crippen LogP contribution in [-0.2, 0) is 0 Å². The Labute approximate surface area is 124 Å². The van der Waals surface area contributed by atoms with Gasteiger partial charge in [0.05, 0.1) is 19.1 Å². The van der Waals surface area contributed by atoms with Crippen molar-refractivity contribution in [1.82, 2.24) is 0 Å². The van der Waals surface area contributed by atoms with Crippen LogP contribution in [0.2, 0.25) is 0 Å². The number of rotatable bonds is 5. The SMILES string of the molecule is COc1ccc(C(=O)C(CC#N)c2ccccc2)cc1C. The molecule has 0 aliphatic rings. The van der Waals surface area contributed by atoms with Crippen LogP contribution >= 0.6 is 0 Å². The predicted octanol–water partition coefficient (Wildman–Crippen LogP) is 3.88. The maximum absolute atomic E-state index is 12.7. The number of methoxy groups -OCH3 is 1. The Kier molecular flexibility index (Phi) is 4.73. The van der Waals surface area contributed by atoms with Gasteiger partial charge in [-0.2, -0.15) is 5.26 Å². The van der Waals surface area contributed by atoms with E-state index in [9.17, 15) is 4.79 Å². The van der Waals surface area contributed by atoms with Gasteiger partial charge in [0, 0.05) is 12.0 Å². The first kappa shape index (κ1) is 14.8. The summed E-state index contributed by atoms with van der Waals surface area (Å²) in [4.78, 5) is 12.7. The van der Waals surface area contributed by atoms with Gasteiger partial charge in [-0.3, -0.25) is 4.79 Å². The maximum Gasteiger partial charge on any atom is 0.171 e. The van der Waals surface area contributed by atoms with Gasteiger partial charge < -0.3 is 4.74 Å². The highest BCUT2D eigenvalue weighted by molar-refractivity contribution is 6.01. The van der Waals surface area contributed by atoms with E-state index in [0.29, 0.717) is 5.56 Å². The van der Waals surface area contributed by atoms with Gasteiger partial charge in [-0.25, -0.2) is 0 Å². The Morgan fingerprint density at radius 1 is 1.24 bits per heavy atom. The summed E-state index contributed by atoms with van der Waals surface area (Å²) >= 11 is 0. The first-order valence-electron chi connectivity index (χ1n) is 6.78. The molecule has 0 amide bonds. The molecule has 2 aromatic carbocycles. The summed E-state index contributed by atoms with van der Waals surface area (Å²) in [5, 5.41) is 9.01. The standard InChI is InChI=1S/C18H17NO2/c1-13-12-15(8-9-17(13)21-2)18(20)16(10-11-19)14-6-4-3-5-7-14/h3-9,12,16H,10H2,1-2H3. The molecule has 21 heavy (non-hydrogen) atoms. The summed E-state index contributed by atoms with van der Waals surface area (Å²) in [6.07, 6.45) is 0.175. The van der Waals surface area contributed by atoms with Crippen molar-refractivity contribution in [3.63, 3.8) is 0 Å². The number of carbonyl (C=O) groups is 1. The van der Waals surface area contributed by atoms with E-state index in [-0.39, 0.29) is 12.2 Å². The lowest BCUT2D eigenvalue weighted by Gasteiger charge is -2.14. The van der Waals surface area contributed by atoms with Crippen molar-refractivity contribution >= 4 is 5.78 Å².